The zero-order valence-corrected chi connectivity index (χ0v) is 16.7. The van der Waals surface area contributed by atoms with Gasteiger partial charge in [0.15, 0.2) is 22.4 Å². The lowest BCUT2D eigenvalue weighted by Crippen LogP contribution is -2.19. The molecular weight excluding hydrogens is 403 g/mol. The quantitative estimate of drug-likeness (QED) is 0.456. The predicted octanol–water partition coefficient (Wildman–Crippen LogP) is 6.60. The molecule has 0 heterocycles. The molecule has 0 radical (unpaired) electrons. The molecule has 3 rings (SSSR count). The average molecular weight is 419 g/mol. The standard InChI is InChI=1S/C20H16Cl2N2O2S/c1-25-18-4-2-3-5-19(18)26-17-11-8-14(22)12-16(17)24-20(27)23-15-9-6-13(21)7-10-15/h2-12H,1H3,(H2,23,24,27). The average Bonchev–Trinajstić information content (AvgIpc) is 2.66. The minimum Gasteiger partial charge on any atom is -0.493 e. The first kappa shape index (κ1) is 19.3. The van der Waals surface area contributed by atoms with Crippen molar-refractivity contribution in [3.63, 3.8) is 0 Å². The molecule has 0 aromatic heterocycles. The van der Waals surface area contributed by atoms with Crippen molar-refractivity contribution in [2.24, 2.45) is 0 Å². The summed E-state index contributed by atoms with van der Waals surface area (Å²) in [5.74, 6) is 1.77. The molecule has 0 spiro atoms. The first-order valence-corrected chi connectivity index (χ1v) is 9.15. The van der Waals surface area contributed by atoms with E-state index in [-0.39, 0.29) is 0 Å². The fraction of sp³-hybridized carbons (Fsp3) is 0.0500. The van der Waals surface area contributed by atoms with Crippen molar-refractivity contribution in [1.82, 2.24) is 0 Å². The Hall–Kier alpha value is -2.47. The van der Waals surface area contributed by atoms with Crippen LogP contribution in [0.1, 0.15) is 0 Å². The fourth-order valence-corrected chi connectivity index (χ4v) is 2.85. The van der Waals surface area contributed by atoms with Crippen LogP contribution in [0, 0.1) is 0 Å². The lowest BCUT2D eigenvalue weighted by molar-refractivity contribution is 0.379. The van der Waals surface area contributed by atoms with Crippen LogP contribution in [0.4, 0.5) is 11.4 Å². The number of hydrogen-bond acceptors (Lipinski definition) is 3. The Balaban J connectivity index is 1.79. The van der Waals surface area contributed by atoms with Gasteiger partial charge < -0.3 is 20.1 Å². The Morgan fingerprint density at radius 2 is 1.48 bits per heavy atom. The molecule has 4 nitrogen and oxygen atoms in total. The number of rotatable bonds is 5. The molecular formula is C20H16Cl2N2O2S. The van der Waals surface area contributed by atoms with Gasteiger partial charge in [0.25, 0.3) is 0 Å². The first-order chi connectivity index (χ1) is 13.0. The van der Waals surface area contributed by atoms with E-state index in [1.807, 2.05) is 36.4 Å². The van der Waals surface area contributed by atoms with E-state index in [4.69, 9.17) is 44.9 Å². The molecule has 3 aromatic rings. The summed E-state index contributed by atoms with van der Waals surface area (Å²) >= 11 is 17.4. The number of benzene rings is 3. The maximum Gasteiger partial charge on any atom is 0.175 e. The zero-order valence-electron chi connectivity index (χ0n) is 14.3. The Bertz CT molecular complexity index is 949. The minimum atomic E-state index is 0.393. The number of hydrogen-bond donors (Lipinski definition) is 2. The lowest BCUT2D eigenvalue weighted by Gasteiger charge is -2.16. The first-order valence-electron chi connectivity index (χ1n) is 7.99. The van der Waals surface area contributed by atoms with Crippen LogP contribution in [0.2, 0.25) is 10.0 Å². The van der Waals surface area contributed by atoms with E-state index in [1.54, 1.807) is 37.4 Å². The third-order valence-corrected chi connectivity index (χ3v) is 4.27. The van der Waals surface area contributed by atoms with Crippen LogP contribution in [0.25, 0.3) is 0 Å². The fourth-order valence-electron chi connectivity index (χ4n) is 2.33. The van der Waals surface area contributed by atoms with E-state index >= 15 is 0 Å². The van der Waals surface area contributed by atoms with Crippen molar-refractivity contribution in [3.8, 4) is 17.2 Å². The molecule has 2 N–H and O–H groups in total. The van der Waals surface area contributed by atoms with E-state index in [1.165, 1.54) is 0 Å². The Morgan fingerprint density at radius 1 is 0.815 bits per heavy atom. The number of anilines is 2. The molecule has 0 saturated heterocycles. The molecule has 0 fully saturated rings. The highest BCUT2D eigenvalue weighted by molar-refractivity contribution is 7.80. The summed E-state index contributed by atoms with van der Waals surface area (Å²) in [6.45, 7) is 0. The molecule has 0 atom stereocenters. The van der Waals surface area contributed by atoms with Crippen molar-refractivity contribution < 1.29 is 9.47 Å². The summed E-state index contributed by atoms with van der Waals surface area (Å²) in [6.07, 6.45) is 0. The van der Waals surface area contributed by atoms with Crippen molar-refractivity contribution in [1.29, 1.82) is 0 Å². The van der Waals surface area contributed by atoms with Crippen LogP contribution in [0.15, 0.2) is 66.7 Å². The maximum absolute atomic E-state index is 6.14. The van der Waals surface area contributed by atoms with Crippen LogP contribution >= 0.6 is 35.4 Å². The zero-order chi connectivity index (χ0) is 19.2. The van der Waals surface area contributed by atoms with Gasteiger partial charge in [0.1, 0.15) is 0 Å². The van der Waals surface area contributed by atoms with E-state index in [0.29, 0.717) is 38.1 Å². The van der Waals surface area contributed by atoms with E-state index < -0.39 is 0 Å². The Kier molecular flexibility index (Phi) is 6.40. The second-order valence-electron chi connectivity index (χ2n) is 5.48. The van der Waals surface area contributed by atoms with Crippen molar-refractivity contribution in [2.45, 2.75) is 0 Å². The summed E-state index contributed by atoms with van der Waals surface area (Å²) in [6, 6.07) is 19.9. The normalized spacial score (nSPS) is 10.2. The van der Waals surface area contributed by atoms with Gasteiger partial charge in [-0.05, 0) is 66.8 Å². The molecule has 0 unspecified atom stereocenters. The van der Waals surface area contributed by atoms with E-state index in [9.17, 15) is 0 Å². The van der Waals surface area contributed by atoms with Gasteiger partial charge in [-0.1, -0.05) is 35.3 Å². The molecule has 0 amide bonds. The van der Waals surface area contributed by atoms with Gasteiger partial charge in [0, 0.05) is 15.7 Å². The van der Waals surface area contributed by atoms with Gasteiger partial charge >= 0.3 is 0 Å². The molecule has 7 heteroatoms. The van der Waals surface area contributed by atoms with Crippen molar-refractivity contribution in [2.75, 3.05) is 17.7 Å². The van der Waals surface area contributed by atoms with Crippen LogP contribution in [-0.4, -0.2) is 12.2 Å². The second kappa shape index (κ2) is 8.95. The number of methoxy groups -OCH3 is 1. The van der Waals surface area contributed by atoms with Crippen LogP contribution < -0.4 is 20.1 Å². The topological polar surface area (TPSA) is 42.5 Å². The molecule has 0 aliphatic carbocycles. The summed E-state index contributed by atoms with van der Waals surface area (Å²) in [5, 5.41) is 7.80. The highest BCUT2D eigenvalue weighted by Crippen LogP contribution is 2.36. The summed E-state index contributed by atoms with van der Waals surface area (Å²) in [5.41, 5.74) is 1.44. The summed E-state index contributed by atoms with van der Waals surface area (Å²) in [7, 11) is 1.59. The van der Waals surface area contributed by atoms with E-state index in [2.05, 4.69) is 10.6 Å². The van der Waals surface area contributed by atoms with Gasteiger partial charge in [-0.15, -0.1) is 0 Å². The molecule has 138 valence electrons. The van der Waals surface area contributed by atoms with Crippen LogP contribution in [-0.2, 0) is 0 Å². The minimum absolute atomic E-state index is 0.393. The van der Waals surface area contributed by atoms with Gasteiger partial charge in [-0.3, -0.25) is 0 Å². The summed E-state index contributed by atoms with van der Waals surface area (Å²) < 4.78 is 11.3. The number of ether oxygens (including phenoxy) is 2. The SMILES string of the molecule is COc1ccccc1Oc1ccc(Cl)cc1NC(=S)Nc1ccc(Cl)cc1. The van der Waals surface area contributed by atoms with Crippen molar-refractivity contribution >= 4 is 51.9 Å². The van der Waals surface area contributed by atoms with Gasteiger partial charge in [0.05, 0.1) is 12.8 Å². The number of halogens is 2. The Morgan fingerprint density at radius 3 is 2.19 bits per heavy atom. The molecule has 0 bridgehead atoms. The third-order valence-electron chi connectivity index (χ3n) is 3.58. The smallest absolute Gasteiger partial charge is 0.175 e. The molecule has 0 aliphatic rings. The monoisotopic (exact) mass is 418 g/mol. The van der Waals surface area contributed by atoms with Crippen LogP contribution in [0.3, 0.4) is 0 Å². The third kappa shape index (κ3) is 5.26. The van der Waals surface area contributed by atoms with Crippen LogP contribution in [0.5, 0.6) is 17.2 Å². The molecule has 0 saturated carbocycles. The molecule has 3 aromatic carbocycles. The van der Waals surface area contributed by atoms with Gasteiger partial charge in [0.2, 0.25) is 0 Å². The highest BCUT2D eigenvalue weighted by Gasteiger charge is 2.11. The van der Waals surface area contributed by atoms with Gasteiger partial charge in [-0.25, -0.2) is 0 Å². The van der Waals surface area contributed by atoms with E-state index in [0.717, 1.165) is 5.69 Å². The largest absolute Gasteiger partial charge is 0.493 e. The number of para-hydroxylation sites is 2. The summed E-state index contributed by atoms with van der Waals surface area (Å²) in [4.78, 5) is 0. The van der Waals surface area contributed by atoms with Crippen molar-refractivity contribution in [3.05, 3.63) is 76.8 Å². The molecule has 0 aliphatic heterocycles. The van der Waals surface area contributed by atoms with Gasteiger partial charge in [-0.2, -0.15) is 0 Å². The predicted molar refractivity (Wildman–Crippen MR) is 116 cm³/mol. The number of thiocarbonyl (C=S) groups is 1. The second-order valence-corrected chi connectivity index (χ2v) is 6.76. The highest BCUT2D eigenvalue weighted by atomic mass is 35.5. The Labute approximate surface area is 173 Å². The molecule has 27 heavy (non-hydrogen) atoms. The lowest BCUT2D eigenvalue weighted by atomic mass is 10.2. The number of nitrogens with one attached hydrogen (secondary N) is 2. The maximum atomic E-state index is 6.14.